The second-order valence-corrected chi connectivity index (χ2v) is 4.27. The molecule has 0 aromatic heterocycles. The van der Waals surface area contributed by atoms with Crippen LogP contribution in [0.1, 0.15) is 51.9 Å². The fourth-order valence-electron chi connectivity index (χ4n) is 1.42. The zero-order chi connectivity index (χ0) is 13.1. The molecule has 0 heterocycles. The van der Waals surface area contributed by atoms with Crippen LogP contribution in [0.5, 0.6) is 0 Å². The van der Waals surface area contributed by atoms with Gasteiger partial charge in [-0.25, -0.2) is 4.79 Å². The number of ether oxygens (including phenoxy) is 1. The van der Waals surface area contributed by atoms with E-state index in [4.69, 9.17) is 9.84 Å². The molecule has 2 N–H and O–H groups in total. The van der Waals surface area contributed by atoms with Gasteiger partial charge in [-0.05, 0) is 19.8 Å². The monoisotopic (exact) mass is 244 g/mol. The molecule has 1 atom stereocenters. The zero-order valence-electron chi connectivity index (χ0n) is 10.7. The van der Waals surface area contributed by atoms with Crippen molar-refractivity contribution in [1.82, 2.24) is 0 Å². The van der Waals surface area contributed by atoms with E-state index in [2.05, 4.69) is 6.58 Å². The van der Waals surface area contributed by atoms with Gasteiger partial charge >= 0.3 is 5.97 Å². The number of esters is 1. The fraction of sp³-hybridized carbons (Fsp3) is 0.769. The standard InChI is InChI=1S/C13H24O4/c1-11(2)13(16)17-12(15)9-7-5-3-4-6-8-10-14/h12,14-15H,1,3-10H2,2H3. The van der Waals surface area contributed by atoms with E-state index in [-0.39, 0.29) is 6.61 Å². The van der Waals surface area contributed by atoms with Gasteiger partial charge in [-0.15, -0.1) is 0 Å². The number of carbonyl (C=O) groups is 1. The molecule has 4 heteroatoms. The van der Waals surface area contributed by atoms with E-state index < -0.39 is 12.3 Å². The molecule has 0 fully saturated rings. The first kappa shape index (κ1) is 16.1. The van der Waals surface area contributed by atoms with Crippen molar-refractivity contribution in [3.05, 3.63) is 12.2 Å². The Bertz CT molecular complexity index is 225. The quantitative estimate of drug-likeness (QED) is 0.267. The number of carbonyl (C=O) groups excluding carboxylic acids is 1. The lowest BCUT2D eigenvalue weighted by molar-refractivity contribution is -0.163. The molecule has 0 rings (SSSR count). The molecule has 17 heavy (non-hydrogen) atoms. The third kappa shape index (κ3) is 10.0. The molecule has 0 aromatic carbocycles. The lowest BCUT2D eigenvalue weighted by Crippen LogP contribution is -2.17. The van der Waals surface area contributed by atoms with Crippen molar-refractivity contribution >= 4 is 5.97 Å². The van der Waals surface area contributed by atoms with E-state index in [1.807, 2.05) is 0 Å². The molecule has 0 aliphatic heterocycles. The van der Waals surface area contributed by atoms with Crippen LogP contribution in [0, 0.1) is 0 Å². The minimum Gasteiger partial charge on any atom is -0.433 e. The van der Waals surface area contributed by atoms with E-state index in [1.165, 1.54) is 0 Å². The molecule has 0 amide bonds. The van der Waals surface area contributed by atoms with Gasteiger partial charge in [-0.2, -0.15) is 0 Å². The Labute approximate surface area is 103 Å². The maximum absolute atomic E-state index is 11.1. The van der Waals surface area contributed by atoms with Crippen molar-refractivity contribution in [2.75, 3.05) is 6.61 Å². The Hall–Kier alpha value is -0.870. The Morgan fingerprint density at radius 3 is 2.24 bits per heavy atom. The highest BCUT2D eigenvalue weighted by atomic mass is 16.6. The maximum Gasteiger partial charge on any atom is 0.335 e. The lowest BCUT2D eigenvalue weighted by Gasteiger charge is -2.11. The molecule has 0 saturated carbocycles. The minimum absolute atomic E-state index is 0.259. The lowest BCUT2D eigenvalue weighted by atomic mass is 10.1. The largest absolute Gasteiger partial charge is 0.433 e. The van der Waals surface area contributed by atoms with Crippen molar-refractivity contribution in [2.24, 2.45) is 0 Å². The van der Waals surface area contributed by atoms with Gasteiger partial charge in [0, 0.05) is 18.6 Å². The van der Waals surface area contributed by atoms with Crippen molar-refractivity contribution in [2.45, 2.75) is 58.2 Å². The molecule has 0 spiro atoms. The number of aliphatic hydroxyl groups excluding tert-OH is 2. The highest BCUT2D eigenvalue weighted by Crippen LogP contribution is 2.10. The molecule has 0 aliphatic rings. The highest BCUT2D eigenvalue weighted by Gasteiger charge is 2.10. The summed E-state index contributed by atoms with van der Waals surface area (Å²) in [7, 11) is 0. The number of hydrogen-bond donors (Lipinski definition) is 2. The molecular formula is C13H24O4. The van der Waals surface area contributed by atoms with E-state index >= 15 is 0 Å². The van der Waals surface area contributed by atoms with Crippen LogP contribution in [0.3, 0.4) is 0 Å². The molecule has 0 aromatic rings. The summed E-state index contributed by atoms with van der Waals surface area (Å²) in [5, 5.41) is 18.0. The molecule has 1 unspecified atom stereocenters. The van der Waals surface area contributed by atoms with Crippen LogP contribution in [0.15, 0.2) is 12.2 Å². The average Bonchev–Trinajstić information content (AvgIpc) is 2.27. The van der Waals surface area contributed by atoms with Crippen molar-refractivity contribution in [3.8, 4) is 0 Å². The number of rotatable bonds is 10. The Morgan fingerprint density at radius 2 is 1.71 bits per heavy atom. The summed E-state index contributed by atoms with van der Waals surface area (Å²) in [5.74, 6) is -0.541. The Balaban J connectivity index is 3.36. The van der Waals surface area contributed by atoms with Gasteiger partial charge in [0.25, 0.3) is 0 Å². The van der Waals surface area contributed by atoms with Crippen LogP contribution in [-0.2, 0) is 9.53 Å². The molecule has 100 valence electrons. The summed E-state index contributed by atoms with van der Waals surface area (Å²) in [6.07, 6.45) is 5.39. The van der Waals surface area contributed by atoms with E-state index in [1.54, 1.807) is 6.92 Å². The second-order valence-electron chi connectivity index (χ2n) is 4.27. The first-order valence-electron chi connectivity index (χ1n) is 6.23. The molecule has 4 nitrogen and oxygen atoms in total. The first-order chi connectivity index (χ1) is 8.07. The predicted molar refractivity (Wildman–Crippen MR) is 66.3 cm³/mol. The zero-order valence-corrected chi connectivity index (χ0v) is 10.7. The predicted octanol–water partition coefficient (Wildman–Crippen LogP) is 2.15. The summed E-state index contributed by atoms with van der Waals surface area (Å²) in [5.41, 5.74) is 0.299. The normalized spacial score (nSPS) is 12.2. The van der Waals surface area contributed by atoms with Crippen LogP contribution < -0.4 is 0 Å². The molecule has 0 aliphatic carbocycles. The number of aliphatic hydroxyl groups is 2. The number of hydrogen-bond acceptors (Lipinski definition) is 4. The van der Waals surface area contributed by atoms with Gasteiger partial charge in [0.05, 0.1) is 0 Å². The van der Waals surface area contributed by atoms with E-state index in [0.29, 0.717) is 12.0 Å². The van der Waals surface area contributed by atoms with Crippen molar-refractivity contribution < 1.29 is 19.7 Å². The van der Waals surface area contributed by atoms with E-state index in [9.17, 15) is 9.90 Å². The average molecular weight is 244 g/mol. The number of unbranched alkanes of at least 4 members (excludes halogenated alkanes) is 5. The third-order valence-corrected chi connectivity index (χ3v) is 2.45. The molecule has 0 radical (unpaired) electrons. The van der Waals surface area contributed by atoms with Crippen molar-refractivity contribution in [1.29, 1.82) is 0 Å². The van der Waals surface area contributed by atoms with Crippen LogP contribution in [0.2, 0.25) is 0 Å². The third-order valence-electron chi connectivity index (χ3n) is 2.45. The van der Waals surface area contributed by atoms with Gasteiger partial charge in [-0.1, -0.05) is 32.3 Å². The smallest absolute Gasteiger partial charge is 0.335 e. The molecular weight excluding hydrogens is 220 g/mol. The van der Waals surface area contributed by atoms with Crippen LogP contribution in [0.25, 0.3) is 0 Å². The molecule has 0 bridgehead atoms. The first-order valence-corrected chi connectivity index (χ1v) is 6.23. The minimum atomic E-state index is -1.02. The fourth-order valence-corrected chi connectivity index (χ4v) is 1.42. The van der Waals surface area contributed by atoms with Gasteiger partial charge < -0.3 is 14.9 Å². The van der Waals surface area contributed by atoms with Crippen molar-refractivity contribution in [3.63, 3.8) is 0 Å². The van der Waals surface area contributed by atoms with Gasteiger partial charge in [-0.3, -0.25) is 0 Å². The Morgan fingerprint density at radius 1 is 1.18 bits per heavy atom. The second kappa shape index (κ2) is 10.3. The molecule has 0 saturated heterocycles. The summed E-state index contributed by atoms with van der Waals surface area (Å²) in [4.78, 5) is 11.1. The summed E-state index contributed by atoms with van der Waals surface area (Å²) in [6.45, 7) is 5.25. The Kier molecular flexibility index (Phi) is 9.77. The summed E-state index contributed by atoms with van der Waals surface area (Å²) < 4.78 is 4.74. The SMILES string of the molecule is C=C(C)C(=O)OC(O)CCCCCCCCO. The van der Waals surface area contributed by atoms with Gasteiger partial charge in [0.15, 0.2) is 0 Å². The van der Waals surface area contributed by atoms with Crippen LogP contribution >= 0.6 is 0 Å². The van der Waals surface area contributed by atoms with Gasteiger partial charge in [0.1, 0.15) is 0 Å². The van der Waals surface area contributed by atoms with Crippen LogP contribution in [-0.4, -0.2) is 29.1 Å². The van der Waals surface area contributed by atoms with E-state index in [0.717, 1.165) is 38.5 Å². The highest BCUT2D eigenvalue weighted by molar-refractivity contribution is 5.86. The maximum atomic E-state index is 11.1. The topological polar surface area (TPSA) is 66.8 Å². The summed E-state index contributed by atoms with van der Waals surface area (Å²) >= 11 is 0. The van der Waals surface area contributed by atoms with Gasteiger partial charge in [0.2, 0.25) is 6.29 Å². The summed E-state index contributed by atoms with van der Waals surface area (Å²) in [6, 6.07) is 0. The van der Waals surface area contributed by atoms with Crippen LogP contribution in [0.4, 0.5) is 0 Å².